The summed E-state index contributed by atoms with van der Waals surface area (Å²) in [5.74, 6) is -0.572. The van der Waals surface area contributed by atoms with Gasteiger partial charge in [-0.2, -0.15) is 0 Å². The van der Waals surface area contributed by atoms with Crippen LogP contribution in [0.2, 0.25) is 0 Å². The van der Waals surface area contributed by atoms with E-state index in [4.69, 9.17) is 4.74 Å². The van der Waals surface area contributed by atoms with Gasteiger partial charge in [0.15, 0.2) is 0 Å². The minimum atomic E-state index is -1.00. The lowest BCUT2D eigenvalue weighted by Crippen LogP contribution is -2.55. The van der Waals surface area contributed by atoms with Crippen LogP contribution in [0.5, 0.6) is 5.75 Å². The number of hydrogen-bond acceptors (Lipinski definition) is 5. The molecule has 2 unspecified atom stereocenters. The highest BCUT2D eigenvalue weighted by Gasteiger charge is 2.37. The van der Waals surface area contributed by atoms with Crippen molar-refractivity contribution >= 4 is 17.9 Å². The fourth-order valence-electron chi connectivity index (χ4n) is 4.28. The number of aromatic hydroxyl groups is 1. The zero-order chi connectivity index (χ0) is 30.1. The highest BCUT2D eigenvalue weighted by molar-refractivity contribution is 5.92. The van der Waals surface area contributed by atoms with Crippen LogP contribution >= 0.6 is 0 Å². The second-order valence-corrected chi connectivity index (χ2v) is 12.4. The van der Waals surface area contributed by atoms with Crippen LogP contribution in [0.3, 0.4) is 0 Å². The molecule has 2 rings (SSSR count). The Morgan fingerprint density at radius 3 is 2.05 bits per heavy atom. The molecule has 0 bridgehead atoms. The Kier molecular flexibility index (Phi) is 11.6. The highest BCUT2D eigenvalue weighted by Crippen LogP contribution is 2.26. The molecule has 3 N–H and O–H groups in total. The van der Waals surface area contributed by atoms with E-state index < -0.39 is 29.3 Å². The van der Waals surface area contributed by atoms with Crippen LogP contribution < -0.4 is 10.6 Å². The molecule has 0 aliphatic rings. The predicted molar refractivity (Wildman–Crippen MR) is 158 cm³/mol. The number of hydrogen-bond donors (Lipinski definition) is 3. The van der Waals surface area contributed by atoms with Crippen molar-refractivity contribution in [2.24, 2.45) is 0 Å². The van der Waals surface area contributed by atoms with Crippen LogP contribution in [-0.2, 0) is 20.7 Å². The van der Waals surface area contributed by atoms with Gasteiger partial charge in [0.1, 0.15) is 23.4 Å². The Morgan fingerprint density at radius 2 is 1.52 bits per heavy atom. The van der Waals surface area contributed by atoms with Crippen molar-refractivity contribution < 1.29 is 24.2 Å². The monoisotopic (exact) mass is 553 g/mol. The molecule has 40 heavy (non-hydrogen) atoms. The summed E-state index contributed by atoms with van der Waals surface area (Å²) < 4.78 is 5.49. The first-order valence-corrected chi connectivity index (χ1v) is 14.1. The Bertz CT molecular complexity index is 1120. The number of amides is 3. The number of phenols is 1. The number of phenolic OH excluding ortho intramolecular Hbond substituents is 1. The molecule has 0 heterocycles. The number of nitrogens with zero attached hydrogens (tertiary/aromatic N) is 1. The number of aryl methyl sites for hydroxylation is 1. The number of benzene rings is 2. The Hall–Kier alpha value is -3.55. The molecule has 0 saturated heterocycles. The lowest BCUT2D eigenvalue weighted by Gasteiger charge is -2.36. The summed E-state index contributed by atoms with van der Waals surface area (Å²) in [6.07, 6.45) is 1.96. The molecule has 0 radical (unpaired) electrons. The largest absolute Gasteiger partial charge is 0.508 e. The summed E-state index contributed by atoms with van der Waals surface area (Å²) in [6.45, 7) is 15.4. The fraction of sp³-hybridized carbons (Fsp3) is 0.531. The van der Waals surface area contributed by atoms with E-state index in [9.17, 15) is 19.5 Å². The van der Waals surface area contributed by atoms with Gasteiger partial charge in [0, 0.05) is 18.5 Å². The first-order valence-electron chi connectivity index (χ1n) is 14.1. The van der Waals surface area contributed by atoms with Crippen LogP contribution in [0, 0.1) is 6.92 Å². The van der Waals surface area contributed by atoms with Gasteiger partial charge in [-0.25, -0.2) is 4.79 Å². The number of nitrogens with one attached hydrogen (secondary N) is 2. The molecule has 0 aliphatic carbocycles. The first-order chi connectivity index (χ1) is 18.6. The maximum atomic E-state index is 14.4. The van der Waals surface area contributed by atoms with Crippen molar-refractivity contribution in [3.05, 3.63) is 65.2 Å². The van der Waals surface area contributed by atoms with E-state index in [0.29, 0.717) is 18.5 Å². The fourth-order valence-corrected chi connectivity index (χ4v) is 4.28. The molecule has 2 aromatic rings. The van der Waals surface area contributed by atoms with Crippen LogP contribution in [0.1, 0.15) is 90.5 Å². The van der Waals surface area contributed by atoms with Crippen molar-refractivity contribution in [3.63, 3.8) is 0 Å². The Balaban J connectivity index is 2.57. The summed E-state index contributed by atoms with van der Waals surface area (Å²) in [5, 5.41) is 15.6. The standard InChI is InChI=1S/C32H47N3O5/c1-9-10-11-20-35(27(28(37)34-31(3,4)5)24-16-12-22(2)13-17-24)29(38)26(33-30(39)40-32(6,7)8)21-23-14-18-25(36)19-15-23/h12-19,26-27,36H,9-11,20-21H2,1-8H3,(H,33,39)(H,34,37). The van der Waals surface area contributed by atoms with E-state index in [-0.39, 0.29) is 24.0 Å². The average molecular weight is 554 g/mol. The van der Waals surface area contributed by atoms with Gasteiger partial charge in [0.25, 0.3) is 0 Å². The molecule has 0 fully saturated rings. The van der Waals surface area contributed by atoms with Gasteiger partial charge in [-0.3, -0.25) is 9.59 Å². The molecule has 0 saturated carbocycles. The second-order valence-electron chi connectivity index (χ2n) is 12.4. The average Bonchev–Trinajstić information content (AvgIpc) is 2.83. The molecule has 220 valence electrons. The van der Waals surface area contributed by atoms with Crippen molar-refractivity contribution in [1.82, 2.24) is 15.5 Å². The Morgan fingerprint density at radius 1 is 0.925 bits per heavy atom. The molecule has 8 heteroatoms. The maximum absolute atomic E-state index is 14.4. The smallest absolute Gasteiger partial charge is 0.408 e. The number of rotatable bonds is 11. The number of carbonyl (C=O) groups excluding carboxylic acids is 3. The summed E-state index contributed by atoms with van der Waals surface area (Å²) in [5.41, 5.74) is 1.20. The van der Waals surface area contributed by atoms with Crippen molar-refractivity contribution in [1.29, 1.82) is 0 Å². The lowest BCUT2D eigenvalue weighted by atomic mass is 9.98. The zero-order valence-corrected chi connectivity index (χ0v) is 25.3. The topological polar surface area (TPSA) is 108 Å². The highest BCUT2D eigenvalue weighted by atomic mass is 16.6. The number of carbonyl (C=O) groups is 3. The third-order valence-electron chi connectivity index (χ3n) is 6.10. The summed E-state index contributed by atoms with van der Waals surface area (Å²) in [4.78, 5) is 42.7. The number of alkyl carbamates (subject to hydrolysis) is 1. The van der Waals surface area contributed by atoms with Gasteiger partial charge < -0.3 is 25.4 Å². The van der Waals surface area contributed by atoms with Gasteiger partial charge in [-0.15, -0.1) is 0 Å². The van der Waals surface area contributed by atoms with Gasteiger partial charge in [-0.1, -0.05) is 61.7 Å². The summed E-state index contributed by atoms with van der Waals surface area (Å²) in [7, 11) is 0. The first kappa shape index (κ1) is 32.7. The molecule has 3 amide bonds. The molecule has 0 spiro atoms. The third-order valence-corrected chi connectivity index (χ3v) is 6.10. The quantitative estimate of drug-likeness (QED) is 0.304. The third kappa shape index (κ3) is 10.9. The summed E-state index contributed by atoms with van der Waals surface area (Å²) >= 11 is 0. The second kappa shape index (κ2) is 14.2. The number of ether oxygens (including phenoxy) is 1. The van der Waals surface area contributed by atoms with Crippen molar-refractivity contribution in [2.75, 3.05) is 6.54 Å². The molecule has 2 aromatic carbocycles. The van der Waals surface area contributed by atoms with E-state index in [1.165, 1.54) is 12.1 Å². The molecule has 0 aliphatic heterocycles. The van der Waals surface area contributed by atoms with Crippen LogP contribution in [0.4, 0.5) is 4.79 Å². The molecule has 8 nitrogen and oxygen atoms in total. The minimum Gasteiger partial charge on any atom is -0.508 e. The van der Waals surface area contributed by atoms with Gasteiger partial charge in [0.2, 0.25) is 11.8 Å². The molecular weight excluding hydrogens is 506 g/mol. The minimum absolute atomic E-state index is 0.103. The van der Waals surface area contributed by atoms with Crippen LogP contribution in [-0.4, -0.2) is 51.6 Å². The molecule has 2 atom stereocenters. The Labute approximate surface area is 239 Å². The van der Waals surface area contributed by atoms with Gasteiger partial charge in [0.05, 0.1) is 0 Å². The van der Waals surface area contributed by atoms with E-state index in [1.54, 1.807) is 37.8 Å². The van der Waals surface area contributed by atoms with Gasteiger partial charge >= 0.3 is 6.09 Å². The van der Waals surface area contributed by atoms with E-state index in [0.717, 1.165) is 24.0 Å². The molecular formula is C32H47N3O5. The summed E-state index contributed by atoms with van der Waals surface area (Å²) in [6, 6.07) is 12.2. The van der Waals surface area contributed by atoms with Crippen LogP contribution in [0.25, 0.3) is 0 Å². The van der Waals surface area contributed by atoms with E-state index in [2.05, 4.69) is 17.6 Å². The molecule has 0 aromatic heterocycles. The van der Waals surface area contributed by atoms with Crippen LogP contribution in [0.15, 0.2) is 48.5 Å². The van der Waals surface area contributed by atoms with E-state index >= 15 is 0 Å². The van der Waals surface area contributed by atoms with Crippen molar-refractivity contribution in [2.45, 2.75) is 104 Å². The van der Waals surface area contributed by atoms with E-state index in [1.807, 2.05) is 52.0 Å². The predicted octanol–water partition coefficient (Wildman–Crippen LogP) is 5.81. The van der Waals surface area contributed by atoms with Crippen molar-refractivity contribution in [3.8, 4) is 5.75 Å². The normalized spacial score (nSPS) is 13.2. The lowest BCUT2D eigenvalue weighted by molar-refractivity contribution is -0.143. The SMILES string of the molecule is CCCCCN(C(=O)C(Cc1ccc(O)cc1)NC(=O)OC(C)(C)C)C(C(=O)NC(C)(C)C)c1ccc(C)cc1. The zero-order valence-electron chi connectivity index (χ0n) is 25.3. The van der Waals surface area contributed by atoms with Gasteiger partial charge in [-0.05, 0) is 78.1 Å². The maximum Gasteiger partial charge on any atom is 0.408 e. The number of unbranched alkanes of at least 4 members (excludes halogenated alkanes) is 2.